The summed E-state index contributed by atoms with van der Waals surface area (Å²) in [5, 5.41) is 20.9. The molecular formula is C15H18N2O3S. The Morgan fingerprint density at radius 3 is 3.00 bits per heavy atom. The molecular weight excluding hydrogens is 288 g/mol. The summed E-state index contributed by atoms with van der Waals surface area (Å²) in [6, 6.07) is 5.49. The minimum atomic E-state index is -1.12. The topological polar surface area (TPSA) is 73.7 Å². The normalized spacial score (nSPS) is 26.3. The quantitative estimate of drug-likeness (QED) is 0.838. The number of amides is 1. The molecule has 1 saturated heterocycles. The van der Waals surface area contributed by atoms with Crippen molar-refractivity contribution in [3.05, 3.63) is 28.8 Å². The zero-order valence-corrected chi connectivity index (χ0v) is 12.9. The number of rotatable bonds is 1. The number of thiazole rings is 1. The average Bonchev–Trinajstić information content (AvgIpc) is 2.80. The van der Waals surface area contributed by atoms with E-state index in [1.165, 1.54) is 0 Å². The van der Waals surface area contributed by atoms with Gasteiger partial charge < -0.3 is 15.1 Å². The van der Waals surface area contributed by atoms with Gasteiger partial charge in [0.25, 0.3) is 5.91 Å². The molecule has 0 aliphatic carbocycles. The molecule has 1 fully saturated rings. The molecule has 0 spiro atoms. The van der Waals surface area contributed by atoms with Crippen LogP contribution in [0.2, 0.25) is 0 Å². The first-order chi connectivity index (χ1) is 9.87. The van der Waals surface area contributed by atoms with Crippen LogP contribution in [-0.4, -0.2) is 50.8 Å². The number of likely N-dealkylation sites (tertiary alicyclic amines) is 1. The van der Waals surface area contributed by atoms with Gasteiger partial charge in [0.1, 0.15) is 0 Å². The molecule has 1 aliphatic heterocycles. The summed E-state index contributed by atoms with van der Waals surface area (Å²) < 4.78 is 1.06. The van der Waals surface area contributed by atoms with E-state index in [4.69, 9.17) is 0 Å². The van der Waals surface area contributed by atoms with Gasteiger partial charge in [-0.2, -0.15) is 0 Å². The highest BCUT2D eigenvalue weighted by Crippen LogP contribution is 2.26. The van der Waals surface area contributed by atoms with Crippen LogP contribution >= 0.6 is 11.3 Å². The van der Waals surface area contributed by atoms with E-state index in [0.717, 1.165) is 15.2 Å². The fourth-order valence-corrected chi connectivity index (χ4v) is 3.37. The molecule has 2 atom stereocenters. The summed E-state index contributed by atoms with van der Waals surface area (Å²) in [4.78, 5) is 18.5. The van der Waals surface area contributed by atoms with Crippen LogP contribution in [0.15, 0.2) is 18.2 Å². The van der Waals surface area contributed by atoms with Gasteiger partial charge in [0.05, 0.1) is 26.9 Å². The molecule has 0 bridgehead atoms. The number of hydrogen-bond donors (Lipinski definition) is 2. The number of aliphatic hydroxyl groups is 2. The first kappa shape index (κ1) is 14.4. The standard InChI is InChI=1S/C15H18N2O3S/c1-9-16-11-7-10(3-4-12(11)21-9)14(19)17-6-5-15(2,20)13(18)8-17/h3-4,7,13,18,20H,5-6,8H2,1-2H3/t13-,15+/m1/s1. The molecule has 2 aromatic rings. The Morgan fingerprint density at radius 2 is 2.29 bits per heavy atom. The minimum Gasteiger partial charge on any atom is -0.388 e. The van der Waals surface area contributed by atoms with E-state index >= 15 is 0 Å². The Bertz CT molecular complexity index is 695. The van der Waals surface area contributed by atoms with Crippen molar-refractivity contribution in [1.82, 2.24) is 9.88 Å². The van der Waals surface area contributed by atoms with Gasteiger partial charge in [-0.15, -0.1) is 11.3 Å². The molecule has 1 aromatic heterocycles. The molecule has 6 heteroatoms. The molecule has 2 N–H and O–H groups in total. The lowest BCUT2D eigenvalue weighted by molar-refractivity contribution is -0.0999. The van der Waals surface area contributed by atoms with Crippen LogP contribution in [-0.2, 0) is 0 Å². The fourth-order valence-electron chi connectivity index (χ4n) is 2.57. The number of carbonyl (C=O) groups excluding carboxylic acids is 1. The zero-order valence-electron chi connectivity index (χ0n) is 12.0. The second-order valence-corrected chi connectivity index (χ2v) is 7.02. The first-order valence-corrected chi connectivity index (χ1v) is 7.75. The van der Waals surface area contributed by atoms with Gasteiger partial charge in [-0.3, -0.25) is 4.79 Å². The van der Waals surface area contributed by atoms with E-state index in [-0.39, 0.29) is 12.5 Å². The SMILES string of the molecule is Cc1nc2cc(C(=O)N3CC[C@](C)(O)[C@H](O)C3)ccc2s1. The van der Waals surface area contributed by atoms with Crippen LogP contribution in [0.5, 0.6) is 0 Å². The Balaban J connectivity index is 1.83. The first-order valence-electron chi connectivity index (χ1n) is 6.94. The third-order valence-corrected chi connectivity index (χ3v) is 4.98. The molecule has 21 heavy (non-hydrogen) atoms. The number of carbonyl (C=O) groups is 1. The molecule has 0 radical (unpaired) electrons. The van der Waals surface area contributed by atoms with Crippen LogP contribution in [0.25, 0.3) is 10.2 Å². The van der Waals surface area contributed by atoms with E-state index in [1.807, 2.05) is 13.0 Å². The van der Waals surface area contributed by atoms with E-state index in [1.54, 1.807) is 35.3 Å². The molecule has 0 saturated carbocycles. The molecule has 2 heterocycles. The third kappa shape index (κ3) is 2.66. The van der Waals surface area contributed by atoms with Crippen molar-refractivity contribution in [2.24, 2.45) is 0 Å². The molecule has 0 unspecified atom stereocenters. The van der Waals surface area contributed by atoms with Gasteiger partial charge in [-0.25, -0.2) is 4.98 Å². The summed E-state index contributed by atoms with van der Waals surface area (Å²) >= 11 is 1.60. The van der Waals surface area contributed by atoms with E-state index in [9.17, 15) is 15.0 Å². The van der Waals surface area contributed by atoms with Gasteiger partial charge in [0.2, 0.25) is 0 Å². The lowest BCUT2D eigenvalue weighted by atomic mass is 9.90. The predicted octanol–water partition coefficient (Wildman–Crippen LogP) is 1.56. The molecule has 1 aliphatic rings. The van der Waals surface area contributed by atoms with E-state index in [0.29, 0.717) is 18.5 Å². The number of aliphatic hydroxyl groups excluding tert-OH is 1. The van der Waals surface area contributed by atoms with Crippen molar-refractivity contribution < 1.29 is 15.0 Å². The molecule has 1 amide bonds. The number of β-amino-alcohol motifs (C(OH)–C–C–N with tert-alkyl or cyclic N) is 1. The number of aryl methyl sites for hydroxylation is 1. The van der Waals surface area contributed by atoms with E-state index in [2.05, 4.69) is 4.98 Å². The highest BCUT2D eigenvalue weighted by molar-refractivity contribution is 7.18. The Labute approximate surface area is 126 Å². The Morgan fingerprint density at radius 1 is 1.52 bits per heavy atom. The number of aromatic nitrogens is 1. The van der Waals surface area contributed by atoms with Crippen LogP contribution in [0.3, 0.4) is 0 Å². The largest absolute Gasteiger partial charge is 0.388 e. The number of benzene rings is 1. The highest BCUT2D eigenvalue weighted by atomic mass is 32.1. The van der Waals surface area contributed by atoms with Gasteiger partial charge in [-0.1, -0.05) is 0 Å². The van der Waals surface area contributed by atoms with Crippen molar-refractivity contribution in [2.45, 2.75) is 32.0 Å². The Kier molecular flexibility index (Phi) is 3.47. The lowest BCUT2D eigenvalue weighted by Crippen LogP contribution is -2.55. The fraction of sp³-hybridized carbons (Fsp3) is 0.467. The molecule has 3 rings (SSSR count). The number of fused-ring (bicyclic) bond motifs is 1. The van der Waals surface area contributed by atoms with Crippen molar-refractivity contribution in [3.63, 3.8) is 0 Å². The van der Waals surface area contributed by atoms with Gasteiger partial charge in [0, 0.05) is 18.7 Å². The summed E-state index contributed by atoms with van der Waals surface area (Å²) in [5.41, 5.74) is 0.279. The third-order valence-electron chi connectivity index (χ3n) is 4.03. The van der Waals surface area contributed by atoms with Crippen molar-refractivity contribution >= 4 is 27.5 Å². The summed E-state index contributed by atoms with van der Waals surface area (Å²) in [6.07, 6.45) is -0.543. The van der Waals surface area contributed by atoms with Crippen molar-refractivity contribution in [1.29, 1.82) is 0 Å². The second kappa shape index (κ2) is 5.05. The van der Waals surface area contributed by atoms with Gasteiger partial charge in [0.15, 0.2) is 0 Å². The van der Waals surface area contributed by atoms with Crippen molar-refractivity contribution in [2.75, 3.05) is 13.1 Å². The van der Waals surface area contributed by atoms with E-state index < -0.39 is 11.7 Å². The van der Waals surface area contributed by atoms with Gasteiger partial charge in [-0.05, 0) is 38.5 Å². The van der Waals surface area contributed by atoms with Crippen LogP contribution < -0.4 is 0 Å². The maximum atomic E-state index is 12.5. The van der Waals surface area contributed by atoms with Crippen LogP contribution in [0.4, 0.5) is 0 Å². The predicted molar refractivity (Wildman–Crippen MR) is 81.5 cm³/mol. The van der Waals surface area contributed by atoms with Crippen molar-refractivity contribution in [3.8, 4) is 0 Å². The molecule has 1 aromatic carbocycles. The monoisotopic (exact) mass is 306 g/mol. The smallest absolute Gasteiger partial charge is 0.254 e. The highest BCUT2D eigenvalue weighted by Gasteiger charge is 2.38. The second-order valence-electron chi connectivity index (χ2n) is 5.79. The maximum Gasteiger partial charge on any atom is 0.254 e. The number of piperidine rings is 1. The van der Waals surface area contributed by atoms with Crippen LogP contribution in [0, 0.1) is 6.92 Å². The molecule has 5 nitrogen and oxygen atoms in total. The van der Waals surface area contributed by atoms with Gasteiger partial charge >= 0.3 is 0 Å². The molecule has 112 valence electrons. The summed E-state index contributed by atoms with van der Waals surface area (Å²) in [7, 11) is 0. The minimum absolute atomic E-state index is 0.128. The number of hydrogen-bond acceptors (Lipinski definition) is 5. The maximum absolute atomic E-state index is 12.5. The zero-order chi connectivity index (χ0) is 15.2. The number of nitrogens with zero attached hydrogens (tertiary/aromatic N) is 2. The van der Waals surface area contributed by atoms with Crippen LogP contribution in [0.1, 0.15) is 28.7 Å². The lowest BCUT2D eigenvalue weighted by Gasteiger charge is -2.39. The average molecular weight is 306 g/mol. The Hall–Kier alpha value is -1.50. The summed E-state index contributed by atoms with van der Waals surface area (Å²) in [6.45, 7) is 4.13. The summed E-state index contributed by atoms with van der Waals surface area (Å²) in [5.74, 6) is -0.128.